The number of H-pyrrole nitrogens is 1. The second-order valence-corrected chi connectivity index (χ2v) is 10.1. The van der Waals surface area contributed by atoms with E-state index in [-0.39, 0.29) is 34.9 Å². The van der Waals surface area contributed by atoms with Crippen LogP contribution in [0.3, 0.4) is 0 Å². The minimum atomic E-state index is -4.31. The van der Waals surface area contributed by atoms with Gasteiger partial charge in [0.05, 0.1) is 16.1 Å². The number of carbonyl (C=O) groups excluding carboxylic acids is 1. The second-order valence-electron chi connectivity index (χ2n) is 8.23. The lowest BCUT2D eigenvalue weighted by Crippen LogP contribution is -2.48. The number of aromatic nitrogens is 2. The molecule has 0 aliphatic carbocycles. The summed E-state index contributed by atoms with van der Waals surface area (Å²) < 4.78 is 48.6. The summed E-state index contributed by atoms with van der Waals surface area (Å²) in [5.41, 5.74) is 1.69. The number of nitrogens with one attached hydrogen (secondary N) is 2. The molecule has 1 aromatic heterocycles. The van der Waals surface area contributed by atoms with Crippen LogP contribution in [0.5, 0.6) is 11.5 Å². The van der Waals surface area contributed by atoms with Crippen LogP contribution in [0.4, 0.5) is 4.39 Å². The predicted octanol–water partition coefficient (Wildman–Crippen LogP) is 2.89. The van der Waals surface area contributed by atoms with E-state index in [4.69, 9.17) is 4.74 Å². The van der Waals surface area contributed by atoms with Crippen LogP contribution < -0.4 is 15.8 Å². The molecule has 1 aliphatic rings. The van der Waals surface area contributed by atoms with Crippen LogP contribution in [0.1, 0.15) is 17.3 Å². The number of fused-ring (bicyclic) bond motifs is 1. The summed E-state index contributed by atoms with van der Waals surface area (Å²) in [6.07, 6.45) is 0.132. The van der Waals surface area contributed by atoms with Crippen LogP contribution in [-0.2, 0) is 21.2 Å². The summed E-state index contributed by atoms with van der Waals surface area (Å²) in [4.78, 5) is 25.8. The van der Waals surface area contributed by atoms with E-state index < -0.39 is 33.3 Å². The summed E-state index contributed by atoms with van der Waals surface area (Å²) in [5, 5.41) is 12.3. The van der Waals surface area contributed by atoms with Crippen molar-refractivity contribution in [2.45, 2.75) is 17.4 Å². The second kappa shape index (κ2) is 9.65. The molecule has 1 aliphatic heterocycles. The van der Waals surface area contributed by atoms with E-state index in [0.29, 0.717) is 11.4 Å². The van der Waals surface area contributed by atoms with E-state index in [1.165, 1.54) is 52.6 Å². The van der Waals surface area contributed by atoms with Crippen molar-refractivity contribution < 1.29 is 27.5 Å². The topological polar surface area (TPSA) is 134 Å². The van der Waals surface area contributed by atoms with Gasteiger partial charge in [-0.15, -0.1) is 0 Å². The van der Waals surface area contributed by atoms with Gasteiger partial charge in [-0.3, -0.25) is 19.9 Å². The highest BCUT2D eigenvalue weighted by Gasteiger charge is 2.43. The van der Waals surface area contributed by atoms with Crippen molar-refractivity contribution in [1.82, 2.24) is 19.6 Å². The number of nitrogens with zero attached hydrogens (tertiary/aromatic N) is 2. The van der Waals surface area contributed by atoms with Crippen LogP contribution in [0, 0.1) is 5.82 Å². The zero-order valence-corrected chi connectivity index (χ0v) is 20.0. The van der Waals surface area contributed by atoms with Crippen molar-refractivity contribution in [3.05, 3.63) is 106 Å². The molecule has 0 saturated heterocycles. The molecule has 0 radical (unpaired) electrons. The Kier molecular flexibility index (Phi) is 6.38. The summed E-state index contributed by atoms with van der Waals surface area (Å²) in [6.45, 7) is -0.129. The van der Waals surface area contributed by atoms with Gasteiger partial charge in [0.15, 0.2) is 11.6 Å². The average Bonchev–Trinajstić information content (AvgIpc) is 3.26. The van der Waals surface area contributed by atoms with E-state index in [2.05, 4.69) is 5.10 Å². The van der Waals surface area contributed by atoms with Crippen LogP contribution >= 0.6 is 0 Å². The maximum atomic E-state index is 13.9. The highest BCUT2D eigenvalue weighted by Crippen LogP contribution is 2.33. The number of halogens is 1. The molecule has 1 atom stereocenters. The molecule has 5 rings (SSSR count). The molecule has 37 heavy (non-hydrogen) atoms. The zero-order chi connectivity index (χ0) is 26.2. The van der Waals surface area contributed by atoms with Crippen molar-refractivity contribution in [3.8, 4) is 17.2 Å². The van der Waals surface area contributed by atoms with E-state index in [0.717, 1.165) is 4.31 Å². The molecule has 0 saturated carbocycles. The third-order valence-electron chi connectivity index (χ3n) is 6.02. The summed E-state index contributed by atoms with van der Waals surface area (Å²) >= 11 is 0. The molecule has 3 aromatic carbocycles. The van der Waals surface area contributed by atoms with Crippen molar-refractivity contribution in [1.29, 1.82) is 0 Å². The number of amides is 1. The first-order valence-electron chi connectivity index (χ1n) is 11.2. The summed E-state index contributed by atoms with van der Waals surface area (Å²) in [7, 11) is -4.31. The number of rotatable bonds is 6. The van der Waals surface area contributed by atoms with Gasteiger partial charge in [-0.1, -0.05) is 30.3 Å². The minimum absolute atomic E-state index is 0.0245. The minimum Gasteiger partial charge on any atom is -0.454 e. The average molecular weight is 525 g/mol. The van der Waals surface area contributed by atoms with Gasteiger partial charge in [-0.25, -0.2) is 23.0 Å². The molecule has 12 heteroatoms. The predicted molar refractivity (Wildman–Crippen MR) is 130 cm³/mol. The smallest absolute Gasteiger partial charge is 0.276 e. The van der Waals surface area contributed by atoms with E-state index >= 15 is 0 Å². The molecule has 0 spiro atoms. The Morgan fingerprint density at radius 3 is 2.38 bits per heavy atom. The number of hydroxylamine groups is 1. The SMILES string of the molecule is O=C(NO)C1c2c([nH]n(-c3ccccc3)c2=O)CCN1S(=O)(=O)c1ccc(Oc2ccccc2F)cc1. The molecule has 190 valence electrons. The first kappa shape index (κ1) is 24.4. The molecule has 1 amide bonds. The fourth-order valence-electron chi connectivity index (χ4n) is 4.27. The number of sulfonamides is 1. The third-order valence-corrected chi connectivity index (χ3v) is 7.90. The maximum absolute atomic E-state index is 13.9. The monoisotopic (exact) mass is 524 g/mol. The Labute approximate surface area is 210 Å². The van der Waals surface area contributed by atoms with Crippen LogP contribution in [-0.4, -0.2) is 40.2 Å². The van der Waals surface area contributed by atoms with Crippen molar-refractivity contribution in [2.24, 2.45) is 0 Å². The Balaban J connectivity index is 1.50. The normalized spacial score (nSPS) is 15.7. The maximum Gasteiger partial charge on any atom is 0.276 e. The van der Waals surface area contributed by atoms with Gasteiger partial charge in [0.1, 0.15) is 11.8 Å². The first-order chi connectivity index (χ1) is 17.8. The molecular weight excluding hydrogens is 503 g/mol. The largest absolute Gasteiger partial charge is 0.454 e. The number of para-hydroxylation sites is 2. The lowest BCUT2D eigenvalue weighted by Gasteiger charge is -2.32. The standard InChI is InChI=1S/C25H21FN4O6S/c26-19-8-4-5-9-21(19)36-17-10-12-18(13-11-17)37(34,35)29-15-14-20-22(23(29)24(31)28-33)25(32)30(27-20)16-6-2-1-3-7-16/h1-13,23,27,33H,14-15H2,(H,28,31). The fraction of sp³-hybridized carbons (Fsp3) is 0.120. The Morgan fingerprint density at radius 2 is 1.70 bits per heavy atom. The van der Waals surface area contributed by atoms with Crippen molar-refractivity contribution in [3.63, 3.8) is 0 Å². The molecule has 0 bridgehead atoms. The van der Waals surface area contributed by atoms with Gasteiger partial charge >= 0.3 is 0 Å². The molecular formula is C25H21FN4O6S. The number of carbonyl (C=O) groups is 1. The van der Waals surface area contributed by atoms with Crippen molar-refractivity contribution in [2.75, 3.05) is 6.54 Å². The van der Waals surface area contributed by atoms with Gasteiger partial charge in [0, 0.05) is 18.7 Å². The third kappa shape index (κ3) is 4.42. The number of benzene rings is 3. The van der Waals surface area contributed by atoms with Gasteiger partial charge in [-0.05, 0) is 48.5 Å². The van der Waals surface area contributed by atoms with E-state index in [1.807, 2.05) is 0 Å². The molecule has 0 fully saturated rings. The fourth-order valence-corrected chi connectivity index (χ4v) is 5.83. The molecule has 10 nitrogen and oxygen atoms in total. The lowest BCUT2D eigenvalue weighted by molar-refractivity contribution is -0.133. The van der Waals surface area contributed by atoms with Crippen LogP contribution in [0.15, 0.2) is 88.6 Å². The first-order valence-corrected chi connectivity index (χ1v) is 12.6. The van der Waals surface area contributed by atoms with Crippen molar-refractivity contribution >= 4 is 15.9 Å². The molecule has 2 heterocycles. The lowest BCUT2D eigenvalue weighted by atomic mass is 10.0. The Bertz CT molecular complexity index is 1620. The van der Waals surface area contributed by atoms with Gasteiger partial charge in [0.2, 0.25) is 10.0 Å². The molecule has 3 N–H and O–H groups in total. The number of aromatic amines is 1. The van der Waals surface area contributed by atoms with Crippen LogP contribution in [0.25, 0.3) is 5.69 Å². The van der Waals surface area contributed by atoms with E-state index in [1.54, 1.807) is 36.4 Å². The Morgan fingerprint density at radius 1 is 1.03 bits per heavy atom. The Hall–Kier alpha value is -4.26. The number of ether oxygens (including phenoxy) is 1. The summed E-state index contributed by atoms with van der Waals surface area (Å²) in [6, 6.07) is 18.0. The number of hydrogen-bond acceptors (Lipinski definition) is 6. The van der Waals surface area contributed by atoms with E-state index in [9.17, 15) is 27.6 Å². The highest BCUT2D eigenvalue weighted by molar-refractivity contribution is 7.89. The zero-order valence-electron chi connectivity index (χ0n) is 19.2. The molecule has 4 aromatic rings. The van der Waals surface area contributed by atoms with Gasteiger partial charge < -0.3 is 4.74 Å². The highest BCUT2D eigenvalue weighted by atomic mass is 32.2. The quantitative estimate of drug-likeness (QED) is 0.262. The summed E-state index contributed by atoms with van der Waals surface area (Å²) in [5.74, 6) is -1.47. The van der Waals surface area contributed by atoms with Gasteiger partial charge in [0.25, 0.3) is 11.5 Å². The van der Waals surface area contributed by atoms with Crippen LogP contribution in [0.2, 0.25) is 0 Å². The molecule has 1 unspecified atom stereocenters. The van der Waals surface area contributed by atoms with Gasteiger partial charge in [-0.2, -0.15) is 4.31 Å². The number of hydrogen-bond donors (Lipinski definition) is 3.